The molecule has 0 aliphatic heterocycles. The molecule has 0 aliphatic carbocycles. The Morgan fingerprint density at radius 1 is 0.943 bits per heavy atom. The Balaban J connectivity index is 1.90. The number of carbonyl (C=O) groups excluding carboxylic acids is 2. The summed E-state index contributed by atoms with van der Waals surface area (Å²) >= 11 is 6.26. The predicted molar refractivity (Wildman–Crippen MR) is 138 cm³/mol. The third-order valence-corrected chi connectivity index (χ3v) is 6.37. The van der Waals surface area contributed by atoms with Gasteiger partial charge in [0, 0.05) is 25.0 Å². The van der Waals surface area contributed by atoms with Gasteiger partial charge in [-0.1, -0.05) is 54.1 Å². The van der Waals surface area contributed by atoms with Crippen molar-refractivity contribution in [2.45, 2.75) is 32.9 Å². The summed E-state index contributed by atoms with van der Waals surface area (Å²) in [6, 6.07) is 20.0. The van der Waals surface area contributed by atoms with Gasteiger partial charge in [0.15, 0.2) is 6.61 Å². The SMILES string of the molecule is CNC(=O)[C@@H](Cc1ccccc1)N(Cc1cccc(OC)c1)C(=O)COc1cc(C)c(Cl)c(C)c1. The van der Waals surface area contributed by atoms with Gasteiger partial charge in [-0.25, -0.2) is 0 Å². The lowest BCUT2D eigenvalue weighted by Crippen LogP contribution is -2.51. The molecule has 0 aromatic heterocycles. The van der Waals surface area contributed by atoms with Crippen LogP contribution in [0.4, 0.5) is 0 Å². The van der Waals surface area contributed by atoms with Crippen molar-refractivity contribution in [2.75, 3.05) is 20.8 Å². The largest absolute Gasteiger partial charge is 0.497 e. The maximum absolute atomic E-state index is 13.5. The summed E-state index contributed by atoms with van der Waals surface area (Å²) in [6.07, 6.45) is 0.370. The average molecular weight is 495 g/mol. The van der Waals surface area contributed by atoms with E-state index in [1.54, 1.807) is 31.2 Å². The van der Waals surface area contributed by atoms with Crippen LogP contribution in [0.25, 0.3) is 0 Å². The Hall–Kier alpha value is -3.51. The number of benzene rings is 3. The average Bonchev–Trinajstić information content (AvgIpc) is 2.88. The van der Waals surface area contributed by atoms with Crippen LogP contribution in [0.15, 0.2) is 66.7 Å². The fraction of sp³-hybridized carbons (Fsp3) is 0.286. The highest BCUT2D eigenvalue weighted by molar-refractivity contribution is 6.32. The van der Waals surface area contributed by atoms with E-state index in [9.17, 15) is 9.59 Å². The quantitative estimate of drug-likeness (QED) is 0.442. The molecule has 0 heterocycles. The highest BCUT2D eigenvalue weighted by Crippen LogP contribution is 2.26. The summed E-state index contributed by atoms with van der Waals surface area (Å²) in [5.41, 5.74) is 3.54. The molecule has 0 saturated carbocycles. The smallest absolute Gasteiger partial charge is 0.261 e. The molecule has 35 heavy (non-hydrogen) atoms. The lowest BCUT2D eigenvalue weighted by atomic mass is 10.0. The van der Waals surface area contributed by atoms with Gasteiger partial charge in [-0.3, -0.25) is 9.59 Å². The molecule has 0 radical (unpaired) electrons. The molecule has 0 unspecified atom stereocenters. The Kier molecular flexibility index (Phi) is 9.15. The van der Waals surface area contributed by atoms with E-state index in [2.05, 4.69) is 5.32 Å². The van der Waals surface area contributed by atoms with E-state index < -0.39 is 6.04 Å². The standard InChI is InChI=1S/C28H31ClN2O4/c1-19-13-24(14-20(2)27(19)29)35-18-26(32)31(17-22-11-8-12-23(15-22)34-4)25(28(33)30-3)16-21-9-6-5-7-10-21/h5-15,25H,16-18H2,1-4H3,(H,30,33)/t25-/m1/s1. The Morgan fingerprint density at radius 2 is 1.60 bits per heavy atom. The topological polar surface area (TPSA) is 67.9 Å². The molecular formula is C28H31ClN2O4. The fourth-order valence-electron chi connectivity index (χ4n) is 3.91. The number of rotatable bonds is 10. The van der Waals surface area contributed by atoms with Crippen molar-refractivity contribution in [1.29, 1.82) is 0 Å². The minimum Gasteiger partial charge on any atom is -0.497 e. The first-order valence-corrected chi connectivity index (χ1v) is 11.8. The third-order valence-electron chi connectivity index (χ3n) is 5.78. The lowest BCUT2D eigenvalue weighted by Gasteiger charge is -2.31. The van der Waals surface area contributed by atoms with E-state index >= 15 is 0 Å². The van der Waals surface area contributed by atoms with Gasteiger partial charge < -0.3 is 19.7 Å². The molecule has 1 atom stereocenters. The van der Waals surface area contributed by atoms with Gasteiger partial charge in [0.05, 0.1) is 7.11 Å². The van der Waals surface area contributed by atoms with Gasteiger partial charge in [-0.2, -0.15) is 0 Å². The number of aryl methyl sites for hydroxylation is 2. The summed E-state index contributed by atoms with van der Waals surface area (Å²) in [5.74, 6) is 0.683. The van der Waals surface area contributed by atoms with Gasteiger partial charge in [0.1, 0.15) is 17.5 Å². The molecule has 0 spiro atoms. The monoisotopic (exact) mass is 494 g/mol. The van der Waals surface area contributed by atoms with Crippen molar-refractivity contribution in [3.63, 3.8) is 0 Å². The summed E-state index contributed by atoms with van der Waals surface area (Å²) in [5, 5.41) is 3.38. The maximum Gasteiger partial charge on any atom is 0.261 e. The highest BCUT2D eigenvalue weighted by Gasteiger charge is 2.30. The van der Waals surface area contributed by atoms with Crippen LogP contribution in [0.1, 0.15) is 22.3 Å². The lowest BCUT2D eigenvalue weighted by molar-refractivity contribution is -0.142. The third kappa shape index (κ3) is 6.99. The van der Waals surface area contributed by atoms with Gasteiger partial charge in [-0.15, -0.1) is 0 Å². The molecule has 7 heteroatoms. The van der Waals surface area contributed by atoms with Crippen LogP contribution >= 0.6 is 11.6 Å². The number of ether oxygens (including phenoxy) is 2. The Labute approximate surface area is 211 Å². The first-order valence-electron chi connectivity index (χ1n) is 11.4. The zero-order valence-corrected chi connectivity index (χ0v) is 21.3. The second-order valence-corrected chi connectivity index (χ2v) is 8.73. The zero-order valence-electron chi connectivity index (χ0n) is 20.5. The van der Waals surface area contributed by atoms with Crippen LogP contribution in [0.5, 0.6) is 11.5 Å². The molecule has 0 saturated heterocycles. The van der Waals surface area contributed by atoms with Gasteiger partial charge in [-0.05, 0) is 60.4 Å². The molecule has 0 bridgehead atoms. The van der Waals surface area contributed by atoms with Crippen LogP contribution in [-0.4, -0.2) is 43.5 Å². The fourth-order valence-corrected chi connectivity index (χ4v) is 4.01. The van der Waals surface area contributed by atoms with E-state index in [0.29, 0.717) is 22.9 Å². The molecule has 1 N–H and O–H groups in total. The number of likely N-dealkylation sites (N-methyl/N-ethyl adjacent to an activating group) is 1. The normalized spacial score (nSPS) is 11.5. The van der Waals surface area contributed by atoms with Crippen LogP contribution in [0.2, 0.25) is 5.02 Å². The highest BCUT2D eigenvalue weighted by atomic mass is 35.5. The van der Waals surface area contributed by atoms with E-state index in [1.165, 1.54) is 0 Å². The molecular weight excluding hydrogens is 464 g/mol. The van der Waals surface area contributed by atoms with Gasteiger partial charge >= 0.3 is 0 Å². The number of hydrogen-bond donors (Lipinski definition) is 1. The second kappa shape index (κ2) is 12.3. The molecule has 2 amide bonds. The minimum atomic E-state index is -0.724. The van der Waals surface area contributed by atoms with E-state index in [-0.39, 0.29) is 25.0 Å². The molecule has 184 valence electrons. The van der Waals surface area contributed by atoms with E-state index in [1.807, 2.05) is 68.4 Å². The van der Waals surface area contributed by atoms with E-state index in [4.69, 9.17) is 21.1 Å². The predicted octanol–water partition coefficient (Wildman–Crippen LogP) is 4.73. The van der Waals surface area contributed by atoms with Crippen LogP contribution in [0, 0.1) is 13.8 Å². The summed E-state index contributed by atoms with van der Waals surface area (Å²) < 4.78 is 11.2. The Morgan fingerprint density at radius 3 is 2.23 bits per heavy atom. The van der Waals surface area contributed by atoms with Gasteiger partial charge in [0.2, 0.25) is 5.91 Å². The van der Waals surface area contributed by atoms with Crippen molar-refractivity contribution < 1.29 is 19.1 Å². The van der Waals surface area contributed by atoms with Crippen molar-refractivity contribution in [2.24, 2.45) is 0 Å². The number of nitrogens with zero attached hydrogens (tertiary/aromatic N) is 1. The summed E-state index contributed by atoms with van der Waals surface area (Å²) in [7, 11) is 3.17. The van der Waals surface area contributed by atoms with Crippen molar-refractivity contribution in [1.82, 2.24) is 10.2 Å². The van der Waals surface area contributed by atoms with Crippen LogP contribution in [0.3, 0.4) is 0 Å². The number of halogens is 1. The zero-order chi connectivity index (χ0) is 25.4. The molecule has 3 aromatic carbocycles. The number of carbonyl (C=O) groups is 2. The number of methoxy groups -OCH3 is 1. The second-order valence-electron chi connectivity index (χ2n) is 8.35. The number of hydrogen-bond acceptors (Lipinski definition) is 4. The first-order chi connectivity index (χ1) is 16.8. The molecule has 3 aromatic rings. The Bertz CT molecular complexity index is 1140. The molecule has 6 nitrogen and oxygen atoms in total. The summed E-state index contributed by atoms with van der Waals surface area (Å²) in [6.45, 7) is 3.79. The van der Waals surface area contributed by atoms with Crippen molar-refractivity contribution in [3.05, 3.63) is 94.0 Å². The number of amides is 2. The van der Waals surface area contributed by atoms with Crippen LogP contribution < -0.4 is 14.8 Å². The van der Waals surface area contributed by atoms with Crippen molar-refractivity contribution in [3.8, 4) is 11.5 Å². The van der Waals surface area contributed by atoms with Crippen molar-refractivity contribution >= 4 is 23.4 Å². The molecule has 0 fully saturated rings. The molecule has 0 aliphatic rings. The van der Waals surface area contributed by atoms with Crippen LogP contribution in [-0.2, 0) is 22.6 Å². The van der Waals surface area contributed by atoms with E-state index in [0.717, 1.165) is 22.3 Å². The summed E-state index contributed by atoms with van der Waals surface area (Å²) in [4.78, 5) is 28.1. The first kappa shape index (κ1) is 26.1. The maximum atomic E-state index is 13.5. The minimum absolute atomic E-state index is 0.216. The number of nitrogens with one attached hydrogen (secondary N) is 1. The van der Waals surface area contributed by atoms with Gasteiger partial charge in [0.25, 0.3) is 5.91 Å². The molecule has 3 rings (SSSR count).